The van der Waals surface area contributed by atoms with Crippen LogP contribution in [0, 0.1) is 5.82 Å². The largest absolute Gasteiger partial charge is 0.508 e. The fourth-order valence-electron chi connectivity index (χ4n) is 1.78. The van der Waals surface area contributed by atoms with Crippen LogP contribution < -0.4 is 10.5 Å². The Hall–Kier alpha value is -2.07. The Morgan fingerprint density at radius 3 is 2.68 bits per heavy atom. The molecule has 0 spiro atoms. The summed E-state index contributed by atoms with van der Waals surface area (Å²) in [7, 11) is 0. The van der Waals surface area contributed by atoms with E-state index in [1.54, 1.807) is 37.3 Å². The second-order valence-corrected chi connectivity index (χ2v) is 4.43. The fraction of sp³-hybridized carbons (Fsp3) is 0.200. The third kappa shape index (κ3) is 3.45. The molecule has 3 N–H and O–H groups in total. The molecule has 4 heteroatoms. The smallest absolute Gasteiger partial charge is 0.131 e. The molecule has 0 aliphatic carbocycles. The van der Waals surface area contributed by atoms with Gasteiger partial charge < -0.3 is 15.6 Å². The molecule has 2 aromatic rings. The molecule has 1 atom stereocenters. The molecule has 100 valence electrons. The second kappa shape index (κ2) is 5.71. The first-order valence-electron chi connectivity index (χ1n) is 6.02. The van der Waals surface area contributed by atoms with Gasteiger partial charge in [0.1, 0.15) is 23.9 Å². The van der Waals surface area contributed by atoms with Crippen molar-refractivity contribution in [2.75, 3.05) is 0 Å². The van der Waals surface area contributed by atoms with Gasteiger partial charge in [-0.15, -0.1) is 0 Å². The van der Waals surface area contributed by atoms with E-state index >= 15 is 0 Å². The molecule has 0 aliphatic rings. The van der Waals surface area contributed by atoms with Crippen LogP contribution in [0.25, 0.3) is 0 Å². The lowest BCUT2D eigenvalue weighted by Crippen LogP contribution is -2.07. The maximum absolute atomic E-state index is 13.7. The molecule has 0 bridgehead atoms. The van der Waals surface area contributed by atoms with Crippen molar-refractivity contribution < 1.29 is 14.2 Å². The number of rotatable bonds is 4. The first-order chi connectivity index (χ1) is 9.06. The van der Waals surface area contributed by atoms with Gasteiger partial charge in [0.15, 0.2) is 0 Å². The zero-order valence-electron chi connectivity index (χ0n) is 10.6. The highest BCUT2D eigenvalue weighted by Crippen LogP contribution is 2.21. The second-order valence-electron chi connectivity index (χ2n) is 4.43. The summed E-state index contributed by atoms with van der Waals surface area (Å²) in [4.78, 5) is 0. The van der Waals surface area contributed by atoms with Gasteiger partial charge in [0.25, 0.3) is 0 Å². The van der Waals surface area contributed by atoms with Crippen LogP contribution in [0.1, 0.15) is 24.1 Å². The van der Waals surface area contributed by atoms with E-state index in [9.17, 15) is 9.50 Å². The zero-order chi connectivity index (χ0) is 13.8. The molecule has 0 heterocycles. The first kappa shape index (κ1) is 13.4. The van der Waals surface area contributed by atoms with Crippen molar-refractivity contribution in [3.63, 3.8) is 0 Å². The lowest BCUT2D eigenvalue weighted by molar-refractivity contribution is 0.303. The Bertz CT molecular complexity index is 570. The molecule has 0 fully saturated rings. The number of phenolic OH excluding ortho intramolecular Hbond substituents is 1. The van der Waals surface area contributed by atoms with Crippen LogP contribution in [-0.4, -0.2) is 5.11 Å². The SMILES string of the molecule is CC(N)c1ccc(OCc2cccc(O)c2)cc1F. The van der Waals surface area contributed by atoms with Crippen LogP contribution in [0.4, 0.5) is 4.39 Å². The minimum Gasteiger partial charge on any atom is -0.508 e. The summed E-state index contributed by atoms with van der Waals surface area (Å²) in [5.41, 5.74) is 6.92. The Morgan fingerprint density at radius 2 is 2.05 bits per heavy atom. The van der Waals surface area contributed by atoms with Crippen molar-refractivity contribution in [3.8, 4) is 11.5 Å². The highest BCUT2D eigenvalue weighted by atomic mass is 19.1. The number of hydrogen-bond donors (Lipinski definition) is 2. The molecular weight excluding hydrogens is 245 g/mol. The summed E-state index contributed by atoms with van der Waals surface area (Å²) >= 11 is 0. The molecule has 0 radical (unpaired) electrons. The summed E-state index contributed by atoms with van der Waals surface area (Å²) in [5, 5.41) is 9.32. The lowest BCUT2D eigenvalue weighted by Gasteiger charge is -2.10. The van der Waals surface area contributed by atoms with E-state index in [1.807, 2.05) is 6.07 Å². The van der Waals surface area contributed by atoms with Crippen LogP contribution in [-0.2, 0) is 6.61 Å². The number of aromatic hydroxyl groups is 1. The number of ether oxygens (including phenoxy) is 1. The molecular formula is C15H16FNO2. The Labute approximate surface area is 111 Å². The van der Waals surface area contributed by atoms with Gasteiger partial charge in [-0.2, -0.15) is 0 Å². The summed E-state index contributed by atoms with van der Waals surface area (Å²) < 4.78 is 19.2. The van der Waals surface area contributed by atoms with E-state index in [1.165, 1.54) is 6.07 Å². The Balaban J connectivity index is 2.06. The van der Waals surface area contributed by atoms with E-state index in [2.05, 4.69) is 0 Å². The average molecular weight is 261 g/mol. The highest BCUT2D eigenvalue weighted by molar-refractivity contribution is 5.31. The number of benzene rings is 2. The maximum Gasteiger partial charge on any atom is 0.131 e. The Kier molecular flexibility index (Phi) is 4.02. The zero-order valence-corrected chi connectivity index (χ0v) is 10.6. The van der Waals surface area contributed by atoms with Gasteiger partial charge >= 0.3 is 0 Å². The average Bonchev–Trinajstić information content (AvgIpc) is 2.36. The topological polar surface area (TPSA) is 55.5 Å². The van der Waals surface area contributed by atoms with Gasteiger partial charge in [0.05, 0.1) is 0 Å². The van der Waals surface area contributed by atoms with Gasteiger partial charge in [0.2, 0.25) is 0 Å². The molecule has 0 saturated heterocycles. The van der Waals surface area contributed by atoms with Gasteiger partial charge in [0, 0.05) is 17.7 Å². The Morgan fingerprint density at radius 1 is 1.26 bits per heavy atom. The van der Waals surface area contributed by atoms with Gasteiger partial charge in [-0.05, 0) is 30.7 Å². The fourth-order valence-corrected chi connectivity index (χ4v) is 1.78. The van der Waals surface area contributed by atoms with E-state index in [0.717, 1.165) is 5.56 Å². The predicted octanol–water partition coefficient (Wildman–Crippen LogP) is 3.13. The predicted molar refractivity (Wildman–Crippen MR) is 71.4 cm³/mol. The van der Waals surface area contributed by atoms with Crippen molar-refractivity contribution in [2.24, 2.45) is 5.73 Å². The number of hydrogen-bond acceptors (Lipinski definition) is 3. The number of phenols is 1. The van der Waals surface area contributed by atoms with Gasteiger partial charge in [-0.1, -0.05) is 18.2 Å². The third-order valence-corrected chi connectivity index (χ3v) is 2.78. The third-order valence-electron chi connectivity index (χ3n) is 2.78. The van der Waals surface area contributed by atoms with Crippen molar-refractivity contribution in [2.45, 2.75) is 19.6 Å². The van der Waals surface area contributed by atoms with E-state index in [-0.39, 0.29) is 24.2 Å². The lowest BCUT2D eigenvalue weighted by atomic mass is 10.1. The molecule has 0 amide bonds. The molecule has 0 saturated carbocycles. The molecule has 1 unspecified atom stereocenters. The monoisotopic (exact) mass is 261 g/mol. The normalized spacial score (nSPS) is 12.2. The van der Waals surface area contributed by atoms with Crippen LogP contribution in [0.5, 0.6) is 11.5 Å². The van der Waals surface area contributed by atoms with Crippen molar-refractivity contribution in [1.82, 2.24) is 0 Å². The highest BCUT2D eigenvalue weighted by Gasteiger charge is 2.08. The van der Waals surface area contributed by atoms with Gasteiger partial charge in [-0.3, -0.25) is 0 Å². The van der Waals surface area contributed by atoms with E-state index in [4.69, 9.17) is 10.5 Å². The van der Waals surface area contributed by atoms with Crippen molar-refractivity contribution >= 4 is 0 Å². The van der Waals surface area contributed by atoms with E-state index < -0.39 is 0 Å². The summed E-state index contributed by atoms with van der Waals surface area (Å²) in [6.45, 7) is 2.00. The summed E-state index contributed by atoms with van der Waals surface area (Å²) in [6, 6.07) is 11.0. The maximum atomic E-state index is 13.7. The quantitative estimate of drug-likeness (QED) is 0.889. The van der Waals surface area contributed by atoms with Gasteiger partial charge in [-0.25, -0.2) is 4.39 Å². The molecule has 2 rings (SSSR count). The van der Waals surface area contributed by atoms with Crippen LogP contribution in [0.2, 0.25) is 0 Å². The van der Waals surface area contributed by atoms with Crippen LogP contribution in [0.15, 0.2) is 42.5 Å². The molecule has 3 nitrogen and oxygen atoms in total. The minimum atomic E-state index is -0.372. The molecule has 19 heavy (non-hydrogen) atoms. The summed E-state index contributed by atoms with van der Waals surface area (Å²) in [5.74, 6) is 0.244. The van der Waals surface area contributed by atoms with Crippen molar-refractivity contribution in [1.29, 1.82) is 0 Å². The molecule has 0 aliphatic heterocycles. The molecule has 0 aromatic heterocycles. The van der Waals surface area contributed by atoms with Crippen LogP contribution >= 0.6 is 0 Å². The first-order valence-corrected chi connectivity index (χ1v) is 6.02. The number of halogens is 1. The van der Waals surface area contributed by atoms with Crippen molar-refractivity contribution in [3.05, 3.63) is 59.4 Å². The summed E-state index contributed by atoms with van der Waals surface area (Å²) in [6.07, 6.45) is 0. The van der Waals surface area contributed by atoms with E-state index in [0.29, 0.717) is 11.3 Å². The minimum absolute atomic E-state index is 0.180. The number of nitrogens with two attached hydrogens (primary N) is 1. The molecule has 2 aromatic carbocycles. The van der Waals surface area contributed by atoms with Crippen LogP contribution in [0.3, 0.4) is 0 Å². The standard InChI is InChI=1S/C15H16FNO2/c1-10(17)14-6-5-13(8-15(14)16)19-9-11-3-2-4-12(18)7-11/h2-8,10,18H,9,17H2,1H3.